The Hall–Kier alpha value is -4.02. The van der Waals surface area contributed by atoms with E-state index < -0.39 is 11.7 Å². The second kappa shape index (κ2) is 10.7. The highest BCUT2D eigenvalue weighted by atomic mass is 19.4. The van der Waals surface area contributed by atoms with E-state index in [1.807, 2.05) is 6.20 Å². The largest absolute Gasteiger partial charge is 0.470 e. The van der Waals surface area contributed by atoms with Gasteiger partial charge < -0.3 is 9.15 Å². The lowest BCUT2D eigenvalue weighted by molar-refractivity contribution is -0.137. The number of nitrogens with zero attached hydrogens (tertiary/aromatic N) is 6. The van der Waals surface area contributed by atoms with Crippen LogP contribution in [0.1, 0.15) is 41.2 Å². The van der Waals surface area contributed by atoms with E-state index in [1.165, 1.54) is 18.4 Å². The van der Waals surface area contributed by atoms with Crippen LogP contribution in [0.4, 0.5) is 13.2 Å². The molecule has 0 fully saturated rings. The first-order valence-electron chi connectivity index (χ1n) is 10.5. The van der Waals surface area contributed by atoms with E-state index >= 15 is 0 Å². The van der Waals surface area contributed by atoms with Crippen molar-refractivity contribution < 1.29 is 22.3 Å². The number of rotatable bonds is 10. The van der Waals surface area contributed by atoms with Gasteiger partial charge in [-0.05, 0) is 43.0 Å². The summed E-state index contributed by atoms with van der Waals surface area (Å²) < 4.78 is 50.6. The molecule has 8 nitrogen and oxygen atoms in total. The maximum absolute atomic E-state index is 12.6. The molecule has 1 aromatic carbocycles. The van der Waals surface area contributed by atoms with E-state index in [9.17, 15) is 13.2 Å². The van der Waals surface area contributed by atoms with E-state index in [1.54, 1.807) is 35.4 Å². The van der Waals surface area contributed by atoms with Gasteiger partial charge in [-0.1, -0.05) is 17.3 Å². The number of aryl methyl sites for hydroxylation is 2. The number of hydrogen-bond donors (Lipinski definition) is 0. The Labute approximate surface area is 193 Å². The van der Waals surface area contributed by atoms with Crippen molar-refractivity contribution in [1.82, 2.24) is 29.9 Å². The van der Waals surface area contributed by atoms with Crippen molar-refractivity contribution in [2.24, 2.45) is 0 Å². The molecule has 0 N–H and O–H groups in total. The second-order valence-corrected chi connectivity index (χ2v) is 7.39. The highest BCUT2D eigenvalue weighted by Gasteiger charge is 2.29. The molecule has 11 heteroatoms. The molecule has 0 radical (unpaired) electrons. The van der Waals surface area contributed by atoms with Crippen LogP contribution >= 0.6 is 0 Å². The predicted octanol–water partition coefficient (Wildman–Crippen LogP) is 4.85. The summed E-state index contributed by atoms with van der Waals surface area (Å²) in [6.07, 6.45) is 9.75. The number of oxazole rings is 1. The van der Waals surface area contributed by atoms with Crippen LogP contribution in [-0.4, -0.2) is 29.9 Å². The van der Waals surface area contributed by atoms with Gasteiger partial charge in [0.2, 0.25) is 11.8 Å². The molecule has 0 amide bonds. The van der Waals surface area contributed by atoms with Crippen molar-refractivity contribution in [3.05, 3.63) is 83.7 Å². The zero-order valence-corrected chi connectivity index (χ0v) is 18.0. The molecule has 0 bridgehead atoms. The molecule has 0 atom stereocenters. The minimum atomic E-state index is -4.36. The number of ether oxygens (including phenoxy) is 1. The molecular weight excluding hydrogens is 449 g/mol. The Kier molecular flexibility index (Phi) is 7.31. The summed E-state index contributed by atoms with van der Waals surface area (Å²) >= 11 is 0. The Morgan fingerprint density at radius 3 is 2.56 bits per heavy atom. The smallest absolute Gasteiger partial charge is 0.416 e. The summed E-state index contributed by atoms with van der Waals surface area (Å²) in [5.41, 5.74) is 1.33. The standard InChI is InChI=1S/C23H21F3N6O2/c24-23(25,26)18-7-4-17(5-8-18)6-9-21-30-20(15-33-21)16-34-22-14-27-19(13-28-22)3-1-2-11-32-12-10-29-31-32/h4-10,12-15H,1-3,11,16H2. The summed E-state index contributed by atoms with van der Waals surface area (Å²) in [4.78, 5) is 12.9. The van der Waals surface area contributed by atoms with Crippen molar-refractivity contribution in [3.63, 3.8) is 0 Å². The average Bonchev–Trinajstić information content (AvgIpc) is 3.52. The van der Waals surface area contributed by atoms with Gasteiger partial charge >= 0.3 is 6.18 Å². The van der Waals surface area contributed by atoms with Crippen LogP contribution < -0.4 is 4.74 Å². The third-order valence-electron chi connectivity index (χ3n) is 4.82. The molecule has 0 saturated heterocycles. The van der Waals surface area contributed by atoms with Crippen LogP contribution in [0.2, 0.25) is 0 Å². The van der Waals surface area contributed by atoms with Gasteiger partial charge in [0, 0.05) is 18.8 Å². The second-order valence-electron chi connectivity index (χ2n) is 7.39. The summed E-state index contributed by atoms with van der Waals surface area (Å²) in [5, 5.41) is 7.70. The zero-order chi connectivity index (χ0) is 23.8. The Bertz CT molecular complexity index is 1190. The van der Waals surface area contributed by atoms with Gasteiger partial charge in [-0.3, -0.25) is 9.67 Å². The van der Waals surface area contributed by atoms with Crippen LogP contribution in [0.15, 0.2) is 59.7 Å². The number of alkyl halides is 3. The van der Waals surface area contributed by atoms with Crippen molar-refractivity contribution in [1.29, 1.82) is 0 Å². The number of benzene rings is 1. The van der Waals surface area contributed by atoms with Gasteiger partial charge in [-0.2, -0.15) is 13.2 Å². The van der Waals surface area contributed by atoms with Gasteiger partial charge in [-0.25, -0.2) is 9.97 Å². The summed E-state index contributed by atoms with van der Waals surface area (Å²) in [6, 6.07) is 4.82. The molecule has 0 saturated carbocycles. The van der Waals surface area contributed by atoms with Crippen molar-refractivity contribution in [3.8, 4) is 5.88 Å². The van der Waals surface area contributed by atoms with E-state index in [0.717, 1.165) is 43.6 Å². The quantitative estimate of drug-likeness (QED) is 0.306. The first kappa shape index (κ1) is 23.1. The van der Waals surface area contributed by atoms with Gasteiger partial charge in [0.05, 0.1) is 29.8 Å². The first-order chi connectivity index (χ1) is 16.5. The molecule has 0 spiro atoms. The van der Waals surface area contributed by atoms with Gasteiger partial charge in [0.1, 0.15) is 18.6 Å². The van der Waals surface area contributed by atoms with Crippen LogP contribution in [0.5, 0.6) is 5.88 Å². The monoisotopic (exact) mass is 470 g/mol. The molecule has 176 valence electrons. The molecule has 3 heterocycles. The highest BCUT2D eigenvalue weighted by molar-refractivity contribution is 5.66. The summed E-state index contributed by atoms with van der Waals surface area (Å²) in [5.74, 6) is 0.682. The lowest BCUT2D eigenvalue weighted by atomic mass is 10.1. The Morgan fingerprint density at radius 1 is 1.00 bits per heavy atom. The van der Waals surface area contributed by atoms with Crippen molar-refractivity contribution in [2.75, 3.05) is 0 Å². The zero-order valence-electron chi connectivity index (χ0n) is 18.0. The predicted molar refractivity (Wildman–Crippen MR) is 116 cm³/mol. The third-order valence-corrected chi connectivity index (χ3v) is 4.82. The van der Waals surface area contributed by atoms with Gasteiger partial charge in [0.25, 0.3) is 0 Å². The molecule has 4 rings (SSSR count). The number of hydrogen-bond acceptors (Lipinski definition) is 7. The minimum absolute atomic E-state index is 0.142. The summed E-state index contributed by atoms with van der Waals surface area (Å²) in [6.45, 7) is 0.956. The van der Waals surface area contributed by atoms with Gasteiger partial charge in [0.15, 0.2) is 0 Å². The fourth-order valence-electron chi connectivity index (χ4n) is 3.04. The van der Waals surface area contributed by atoms with E-state index in [0.29, 0.717) is 23.0 Å². The van der Waals surface area contributed by atoms with Gasteiger partial charge in [-0.15, -0.1) is 5.10 Å². The maximum atomic E-state index is 12.6. The average molecular weight is 470 g/mol. The molecular formula is C23H21F3N6O2. The van der Waals surface area contributed by atoms with E-state index in [4.69, 9.17) is 9.15 Å². The van der Waals surface area contributed by atoms with Crippen LogP contribution in [0, 0.1) is 0 Å². The number of unbranched alkanes of at least 4 members (excludes halogenated alkanes) is 1. The first-order valence-corrected chi connectivity index (χ1v) is 10.5. The lowest BCUT2D eigenvalue weighted by Gasteiger charge is -2.05. The molecule has 3 aromatic heterocycles. The summed E-state index contributed by atoms with van der Waals surface area (Å²) in [7, 11) is 0. The molecule has 0 aliphatic carbocycles. The third kappa shape index (κ3) is 6.74. The topological polar surface area (TPSA) is 91.8 Å². The van der Waals surface area contributed by atoms with Crippen molar-refractivity contribution >= 4 is 12.2 Å². The number of aromatic nitrogens is 6. The molecule has 4 aromatic rings. The fraction of sp³-hybridized carbons (Fsp3) is 0.261. The van der Waals surface area contributed by atoms with E-state index in [2.05, 4.69) is 25.3 Å². The molecule has 0 unspecified atom stereocenters. The fourth-order valence-corrected chi connectivity index (χ4v) is 3.04. The molecule has 34 heavy (non-hydrogen) atoms. The van der Waals surface area contributed by atoms with Crippen LogP contribution in [0.3, 0.4) is 0 Å². The molecule has 0 aliphatic rings. The van der Waals surface area contributed by atoms with Crippen LogP contribution in [-0.2, 0) is 25.7 Å². The Balaban J connectivity index is 1.21. The van der Waals surface area contributed by atoms with Crippen LogP contribution in [0.25, 0.3) is 12.2 Å². The lowest BCUT2D eigenvalue weighted by Crippen LogP contribution is -2.03. The van der Waals surface area contributed by atoms with E-state index in [-0.39, 0.29) is 6.61 Å². The van der Waals surface area contributed by atoms with Crippen molar-refractivity contribution in [2.45, 2.75) is 38.6 Å². The number of halogens is 3. The molecule has 0 aliphatic heterocycles. The normalized spacial score (nSPS) is 11.9. The minimum Gasteiger partial charge on any atom is -0.470 e. The SMILES string of the molecule is FC(F)(F)c1ccc(C=Cc2nc(COc3cnc(CCCCn4ccnn4)cn3)co2)cc1. The maximum Gasteiger partial charge on any atom is 0.416 e. The Morgan fingerprint density at radius 2 is 1.85 bits per heavy atom. The highest BCUT2D eigenvalue weighted by Crippen LogP contribution is 2.29.